The van der Waals surface area contributed by atoms with Crippen molar-refractivity contribution in [2.45, 2.75) is 27.2 Å². The maximum Gasteiger partial charge on any atom is 0.205 e. The zero-order valence-electron chi connectivity index (χ0n) is 16.3. The van der Waals surface area contributed by atoms with Gasteiger partial charge in [-0.1, -0.05) is 25.1 Å². The molecule has 3 N–H and O–H groups in total. The van der Waals surface area contributed by atoms with Crippen LogP contribution in [0.2, 0.25) is 0 Å². The Kier molecular flexibility index (Phi) is 6.65. The van der Waals surface area contributed by atoms with Crippen molar-refractivity contribution >= 4 is 24.4 Å². The van der Waals surface area contributed by atoms with Crippen LogP contribution >= 0.6 is 8.30 Å². The van der Waals surface area contributed by atoms with Crippen LogP contribution in [0.25, 0.3) is 10.8 Å². The van der Waals surface area contributed by atoms with E-state index in [1.807, 2.05) is 25.2 Å². The Balaban J connectivity index is 2.12. The molecule has 0 bridgehead atoms. The molecule has 154 valence electrons. The summed E-state index contributed by atoms with van der Waals surface area (Å²) in [5, 5.41) is 12.8. The predicted octanol–water partition coefficient (Wildman–Crippen LogP) is 5.22. The van der Waals surface area contributed by atoms with Crippen LogP contribution in [0.3, 0.4) is 0 Å². The van der Waals surface area contributed by atoms with E-state index in [1.165, 1.54) is 12.1 Å². The lowest BCUT2D eigenvalue weighted by Crippen LogP contribution is -2.13. The second-order valence-electron chi connectivity index (χ2n) is 6.59. The Morgan fingerprint density at radius 2 is 1.72 bits per heavy atom. The molecule has 8 heteroatoms. The quantitative estimate of drug-likeness (QED) is 0.360. The lowest BCUT2D eigenvalue weighted by molar-refractivity contribution is 0.242. The molecule has 0 saturated heterocycles. The monoisotopic (exact) mass is 421 g/mol. The molecule has 0 aromatic heterocycles. The summed E-state index contributed by atoms with van der Waals surface area (Å²) in [7, 11) is -2.00. The van der Waals surface area contributed by atoms with Crippen molar-refractivity contribution in [2.24, 2.45) is 0 Å². The second-order valence-corrected chi connectivity index (χ2v) is 7.90. The van der Waals surface area contributed by atoms with Crippen LogP contribution in [0.1, 0.15) is 24.5 Å². The standard InChI is InChI=1S/C21H22F2NO4P/c1-4-10-27-15-8-9-16(20(23)19(15)22)28-21-13(3)11-17(29(26)24-25)14-7-5-6-12(2)18(14)21/h5-9,11,24-26H,4,10H2,1-3H3. The number of hydrogen-bond acceptors (Lipinski definition) is 5. The minimum absolute atomic E-state index is 0.162. The van der Waals surface area contributed by atoms with Gasteiger partial charge in [0.2, 0.25) is 11.6 Å². The van der Waals surface area contributed by atoms with Crippen molar-refractivity contribution in [1.29, 1.82) is 0 Å². The molecule has 3 aromatic carbocycles. The number of rotatable bonds is 7. The van der Waals surface area contributed by atoms with Gasteiger partial charge in [0, 0.05) is 10.7 Å². The molecule has 3 aromatic rings. The molecule has 0 fully saturated rings. The first-order valence-electron chi connectivity index (χ1n) is 9.09. The Hall–Kier alpha value is -2.31. The van der Waals surface area contributed by atoms with E-state index in [1.54, 1.807) is 25.1 Å². The van der Waals surface area contributed by atoms with Crippen LogP contribution in [0.5, 0.6) is 17.2 Å². The van der Waals surface area contributed by atoms with Crippen LogP contribution in [0.15, 0.2) is 36.4 Å². The van der Waals surface area contributed by atoms with Gasteiger partial charge in [-0.25, -0.2) is 0 Å². The van der Waals surface area contributed by atoms with Gasteiger partial charge in [-0.05, 0) is 55.0 Å². The van der Waals surface area contributed by atoms with Gasteiger partial charge >= 0.3 is 0 Å². The van der Waals surface area contributed by atoms with Crippen LogP contribution in [-0.4, -0.2) is 16.7 Å². The molecule has 29 heavy (non-hydrogen) atoms. The molecular weight excluding hydrogens is 399 g/mol. The van der Waals surface area contributed by atoms with E-state index >= 15 is 0 Å². The van der Waals surface area contributed by atoms with Crippen molar-refractivity contribution in [3.8, 4) is 17.2 Å². The Morgan fingerprint density at radius 1 is 1.03 bits per heavy atom. The molecule has 0 aliphatic heterocycles. The lowest BCUT2D eigenvalue weighted by atomic mass is 10.0. The fourth-order valence-electron chi connectivity index (χ4n) is 3.12. The SMILES string of the molecule is CCCOc1ccc(Oc2c(C)cc(P(O)NO)c3cccc(C)c23)c(F)c1F. The number of nitrogens with one attached hydrogen (secondary N) is 1. The summed E-state index contributed by atoms with van der Waals surface area (Å²) >= 11 is 0. The fraction of sp³-hybridized carbons (Fsp3) is 0.238. The van der Waals surface area contributed by atoms with E-state index < -0.39 is 19.9 Å². The van der Waals surface area contributed by atoms with Gasteiger partial charge in [-0.2, -0.15) is 14.0 Å². The summed E-state index contributed by atoms with van der Waals surface area (Å²) in [6.07, 6.45) is 0.673. The topological polar surface area (TPSA) is 71.0 Å². The van der Waals surface area contributed by atoms with Crippen LogP contribution in [0.4, 0.5) is 8.78 Å². The second kappa shape index (κ2) is 9.01. The van der Waals surface area contributed by atoms with Crippen LogP contribution in [-0.2, 0) is 0 Å². The smallest absolute Gasteiger partial charge is 0.205 e. The van der Waals surface area contributed by atoms with Gasteiger partial charge in [0.05, 0.1) is 6.61 Å². The minimum Gasteiger partial charge on any atom is -0.490 e. The number of benzene rings is 3. The summed E-state index contributed by atoms with van der Waals surface area (Å²) in [5.74, 6) is -2.31. The summed E-state index contributed by atoms with van der Waals surface area (Å²) in [4.78, 5) is 10.1. The van der Waals surface area contributed by atoms with E-state index in [9.17, 15) is 13.7 Å². The molecule has 0 spiro atoms. The first-order chi connectivity index (χ1) is 13.9. The summed E-state index contributed by atoms with van der Waals surface area (Å²) in [6.45, 7) is 5.74. The van der Waals surface area contributed by atoms with Crippen molar-refractivity contribution < 1.29 is 28.4 Å². The largest absolute Gasteiger partial charge is 0.490 e. The zero-order valence-corrected chi connectivity index (χ0v) is 17.2. The average molecular weight is 421 g/mol. The molecule has 0 heterocycles. The van der Waals surface area contributed by atoms with E-state index in [4.69, 9.17) is 14.7 Å². The molecule has 0 saturated carbocycles. The summed E-state index contributed by atoms with van der Waals surface area (Å²) in [5.41, 5.74) is 1.43. The number of fused-ring (bicyclic) bond motifs is 1. The van der Waals surface area contributed by atoms with Crippen molar-refractivity contribution in [2.75, 3.05) is 6.61 Å². The van der Waals surface area contributed by atoms with Gasteiger partial charge in [-0.15, -0.1) is 0 Å². The first-order valence-corrected chi connectivity index (χ1v) is 10.4. The molecule has 1 atom stereocenters. The third-order valence-electron chi connectivity index (χ3n) is 4.50. The van der Waals surface area contributed by atoms with Gasteiger partial charge in [-0.3, -0.25) is 0 Å². The molecule has 0 aliphatic carbocycles. The predicted molar refractivity (Wildman–Crippen MR) is 109 cm³/mol. The highest BCUT2D eigenvalue weighted by atomic mass is 31.2. The fourth-order valence-corrected chi connectivity index (χ4v) is 3.95. The van der Waals surface area contributed by atoms with Crippen LogP contribution in [0, 0.1) is 25.5 Å². The number of halogens is 2. The summed E-state index contributed by atoms with van der Waals surface area (Å²) in [6, 6.07) is 9.74. The molecular formula is C21H22F2NO4P. The third kappa shape index (κ3) is 4.19. The number of ether oxygens (including phenoxy) is 2. The maximum absolute atomic E-state index is 14.6. The molecule has 5 nitrogen and oxygen atoms in total. The average Bonchev–Trinajstić information content (AvgIpc) is 2.71. The van der Waals surface area contributed by atoms with Crippen molar-refractivity contribution in [3.63, 3.8) is 0 Å². The van der Waals surface area contributed by atoms with Gasteiger partial charge in [0.15, 0.2) is 19.8 Å². The molecule has 3 rings (SSSR count). The van der Waals surface area contributed by atoms with Crippen molar-refractivity contribution in [3.05, 3.63) is 59.2 Å². The van der Waals surface area contributed by atoms with E-state index in [0.29, 0.717) is 33.8 Å². The molecule has 0 amide bonds. The van der Waals surface area contributed by atoms with E-state index in [-0.39, 0.29) is 18.1 Å². The maximum atomic E-state index is 14.6. The lowest BCUT2D eigenvalue weighted by Gasteiger charge is -2.19. The number of aryl methyl sites for hydroxylation is 2. The third-order valence-corrected chi connectivity index (χ3v) is 5.51. The van der Waals surface area contributed by atoms with Gasteiger partial charge in [0.25, 0.3) is 0 Å². The molecule has 1 unspecified atom stereocenters. The van der Waals surface area contributed by atoms with Gasteiger partial charge in [0.1, 0.15) is 5.75 Å². The Morgan fingerprint density at radius 3 is 2.41 bits per heavy atom. The number of hydrogen-bond donors (Lipinski definition) is 3. The molecule has 0 radical (unpaired) electrons. The highest BCUT2D eigenvalue weighted by molar-refractivity contribution is 7.58. The zero-order chi connectivity index (χ0) is 21.1. The minimum atomic E-state index is -2.00. The Labute approximate surface area is 168 Å². The highest BCUT2D eigenvalue weighted by Gasteiger charge is 2.21. The highest BCUT2D eigenvalue weighted by Crippen LogP contribution is 2.40. The first kappa shape index (κ1) is 21.4. The van der Waals surface area contributed by atoms with Crippen LogP contribution < -0.4 is 20.0 Å². The summed E-state index contributed by atoms with van der Waals surface area (Å²) < 4.78 is 40.0. The normalized spacial score (nSPS) is 12.2. The molecule has 0 aliphatic rings. The van der Waals surface area contributed by atoms with E-state index in [2.05, 4.69) is 0 Å². The van der Waals surface area contributed by atoms with Crippen molar-refractivity contribution in [1.82, 2.24) is 5.25 Å². The Bertz CT molecular complexity index is 1050. The van der Waals surface area contributed by atoms with Gasteiger partial charge < -0.3 is 19.6 Å². The van der Waals surface area contributed by atoms with E-state index in [0.717, 1.165) is 5.56 Å².